The van der Waals surface area contributed by atoms with Crippen molar-refractivity contribution in [1.29, 1.82) is 0 Å². The number of sulfonamides is 1. The summed E-state index contributed by atoms with van der Waals surface area (Å²) in [6, 6.07) is 0.882. The van der Waals surface area contributed by atoms with Gasteiger partial charge in [0, 0.05) is 30.9 Å². The zero-order valence-corrected chi connectivity index (χ0v) is 20.1. The molecule has 0 unspecified atom stereocenters. The first kappa shape index (κ1) is 23.5. The molecule has 0 bridgehead atoms. The largest absolute Gasteiger partial charge is 0.364 e. The molecule has 3 aromatic rings. The Kier molecular flexibility index (Phi) is 5.81. The van der Waals surface area contributed by atoms with Gasteiger partial charge >= 0.3 is 0 Å². The number of fused-ring (bicyclic) bond motifs is 1. The molecule has 14 heteroatoms. The molecule has 1 saturated heterocycles. The van der Waals surface area contributed by atoms with Crippen LogP contribution in [0.4, 0.5) is 18.9 Å². The summed E-state index contributed by atoms with van der Waals surface area (Å²) < 4.78 is 70.6. The van der Waals surface area contributed by atoms with Crippen LogP contribution in [-0.4, -0.2) is 65.4 Å². The van der Waals surface area contributed by atoms with Crippen LogP contribution in [-0.2, 0) is 10.0 Å². The zero-order chi connectivity index (χ0) is 24.3. The average Bonchev–Trinajstić information content (AvgIpc) is 3.19. The lowest BCUT2D eigenvalue weighted by molar-refractivity contribution is 0.150. The van der Waals surface area contributed by atoms with Crippen molar-refractivity contribution in [2.45, 2.75) is 55.6 Å². The summed E-state index contributed by atoms with van der Waals surface area (Å²) >= 11 is 0.699. The fraction of sp³-hybridized carbons (Fsp3) is 0.550. The van der Waals surface area contributed by atoms with Crippen molar-refractivity contribution in [2.24, 2.45) is 0 Å². The minimum absolute atomic E-state index is 0.00324. The van der Waals surface area contributed by atoms with Gasteiger partial charge in [0.15, 0.2) is 15.8 Å². The van der Waals surface area contributed by atoms with E-state index in [9.17, 15) is 21.6 Å². The summed E-state index contributed by atoms with van der Waals surface area (Å²) in [4.78, 5) is 6.31. The predicted octanol–water partition coefficient (Wildman–Crippen LogP) is 2.76. The summed E-state index contributed by atoms with van der Waals surface area (Å²) in [7, 11) is -3.90. The van der Waals surface area contributed by atoms with E-state index in [0.717, 1.165) is 12.8 Å². The second-order valence-corrected chi connectivity index (χ2v) is 11.7. The standard InChI is InChI=1S/C20H24F3N7O2S2/c1-11-13(8-21)24-5-6-29(11)14-7-12(34(31,32)28-20(2)3-4-20)10-30-15(14)9-25-17(30)19-27-26-18(33-19)16(22)23/h7,9-11,13,16,24,28H,3-6,8H2,1-2H3/t11-,13-/m0/s1. The van der Waals surface area contributed by atoms with Gasteiger partial charge in [0.2, 0.25) is 10.0 Å². The van der Waals surface area contributed by atoms with Crippen LogP contribution in [0.15, 0.2) is 23.4 Å². The number of aromatic nitrogens is 4. The van der Waals surface area contributed by atoms with E-state index in [2.05, 4.69) is 25.2 Å². The van der Waals surface area contributed by atoms with Crippen LogP contribution < -0.4 is 14.9 Å². The molecule has 9 nitrogen and oxygen atoms in total. The molecule has 5 rings (SSSR count). The molecule has 1 aliphatic carbocycles. The Hall–Kier alpha value is -2.29. The molecular weight excluding hydrogens is 491 g/mol. The minimum atomic E-state index is -3.90. The van der Waals surface area contributed by atoms with E-state index in [4.69, 9.17) is 0 Å². The smallest absolute Gasteiger partial charge is 0.291 e. The topological polar surface area (TPSA) is 105 Å². The van der Waals surface area contributed by atoms with Crippen LogP contribution in [0.2, 0.25) is 0 Å². The minimum Gasteiger partial charge on any atom is -0.364 e. The lowest BCUT2D eigenvalue weighted by Crippen LogP contribution is -2.57. The molecule has 184 valence electrons. The Morgan fingerprint density at radius 2 is 2.12 bits per heavy atom. The molecular formula is C20H24F3N7O2S2. The molecule has 0 aromatic carbocycles. The molecule has 0 spiro atoms. The highest BCUT2D eigenvalue weighted by Crippen LogP contribution is 2.38. The van der Waals surface area contributed by atoms with Crippen molar-refractivity contribution < 1.29 is 21.6 Å². The highest BCUT2D eigenvalue weighted by Gasteiger charge is 2.42. The maximum Gasteiger partial charge on any atom is 0.291 e. The van der Waals surface area contributed by atoms with Gasteiger partial charge in [-0.15, -0.1) is 10.2 Å². The van der Waals surface area contributed by atoms with Crippen LogP contribution in [0, 0.1) is 0 Å². The van der Waals surface area contributed by atoms with Gasteiger partial charge in [-0.1, -0.05) is 11.3 Å². The molecule has 2 N–H and O–H groups in total. The van der Waals surface area contributed by atoms with Crippen LogP contribution >= 0.6 is 11.3 Å². The molecule has 4 heterocycles. The van der Waals surface area contributed by atoms with E-state index in [0.29, 0.717) is 35.6 Å². The van der Waals surface area contributed by atoms with Gasteiger partial charge < -0.3 is 10.2 Å². The molecule has 34 heavy (non-hydrogen) atoms. The van der Waals surface area contributed by atoms with E-state index in [1.165, 1.54) is 10.6 Å². The monoisotopic (exact) mass is 515 g/mol. The van der Waals surface area contributed by atoms with Crippen molar-refractivity contribution in [3.63, 3.8) is 0 Å². The Morgan fingerprint density at radius 1 is 1.35 bits per heavy atom. The van der Waals surface area contributed by atoms with E-state index in [1.807, 2.05) is 18.7 Å². The van der Waals surface area contributed by atoms with Crippen LogP contribution in [0.3, 0.4) is 0 Å². The predicted molar refractivity (Wildman–Crippen MR) is 122 cm³/mol. The highest BCUT2D eigenvalue weighted by atomic mass is 32.2. The Labute approximate surface area is 198 Å². The average molecular weight is 516 g/mol. The Morgan fingerprint density at radius 3 is 2.76 bits per heavy atom. The summed E-state index contributed by atoms with van der Waals surface area (Å²) in [6.07, 6.45) is 1.67. The number of hydrogen-bond donors (Lipinski definition) is 2. The number of piperazine rings is 1. The third-order valence-electron chi connectivity index (χ3n) is 6.41. The van der Waals surface area contributed by atoms with Crippen molar-refractivity contribution in [1.82, 2.24) is 29.6 Å². The number of pyridine rings is 1. The number of imidazole rings is 1. The van der Waals surface area contributed by atoms with Gasteiger partial charge in [-0.05, 0) is 32.8 Å². The highest BCUT2D eigenvalue weighted by molar-refractivity contribution is 7.89. The van der Waals surface area contributed by atoms with Gasteiger partial charge in [-0.2, -0.15) is 0 Å². The number of rotatable bonds is 7. The van der Waals surface area contributed by atoms with Crippen LogP contribution in [0.25, 0.3) is 16.3 Å². The first-order valence-electron chi connectivity index (χ1n) is 10.8. The molecule has 0 radical (unpaired) electrons. The number of alkyl halides is 3. The van der Waals surface area contributed by atoms with E-state index in [1.54, 1.807) is 12.3 Å². The molecule has 1 aliphatic heterocycles. The van der Waals surface area contributed by atoms with Gasteiger partial charge in [0.25, 0.3) is 6.43 Å². The second-order valence-electron chi connectivity index (χ2n) is 8.96. The maximum absolute atomic E-state index is 13.6. The zero-order valence-electron chi connectivity index (χ0n) is 18.5. The SMILES string of the molecule is C[C@H]1[C@H](CF)NCCN1c1cc(S(=O)(=O)NC2(C)CC2)cn2c(-c3nnc(C(F)F)s3)ncc12. The van der Waals surface area contributed by atoms with Gasteiger partial charge in [-0.25, -0.2) is 31.3 Å². The molecule has 3 aromatic heterocycles. The quantitative estimate of drug-likeness (QED) is 0.499. The number of nitrogens with zero attached hydrogens (tertiary/aromatic N) is 5. The van der Waals surface area contributed by atoms with E-state index < -0.39 is 39.7 Å². The first-order chi connectivity index (χ1) is 16.1. The molecule has 2 atom stereocenters. The number of anilines is 1. The Balaban J connectivity index is 1.67. The van der Waals surface area contributed by atoms with Crippen molar-refractivity contribution in [3.8, 4) is 10.8 Å². The fourth-order valence-corrected chi connectivity index (χ4v) is 6.34. The first-order valence-corrected chi connectivity index (χ1v) is 13.1. The summed E-state index contributed by atoms with van der Waals surface area (Å²) in [5, 5.41) is 10.2. The third kappa shape index (κ3) is 4.16. The van der Waals surface area contributed by atoms with Crippen LogP contribution in [0.5, 0.6) is 0 Å². The van der Waals surface area contributed by atoms with Gasteiger partial charge in [0.05, 0.1) is 23.4 Å². The van der Waals surface area contributed by atoms with E-state index in [-0.39, 0.29) is 21.8 Å². The number of hydrogen-bond acceptors (Lipinski definition) is 8. The third-order valence-corrected chi connectivity index (χ3v) is 8.95. The van der Waals surface area contributed by atoms with Crippen molar-refractivity contribution in [3.05, 3.63) is 23.5 Å². The fourth-order valence-electron chi connectivity index (χ4n) is 4.16. The van der Waals surface area contributed by atoms with Crippen molar-refractivity contribution in [2.75, 3.05) is 24.7 Å². The normalized spacial score (nSPS) is 22.6. The molecule has 2 aliphatic rings. The second kappa shape index (κ2) is 8.43. The van der Waals surface area contributed by atoms with Crippen molar-refractivity contribution >= 4 is 32.6 Å². The van der Waals surface area contributed by atoms with Gasteiger partial charge in [0.1, 0.15) is 11.6 Å². The number of halogens is 3. The summed E-state index contributed by atoms with van der Waals surface area (Å²) in [5.74, 6) is 0.208. The number of nitrogens with one attached hydrogen (secondary N) is 2. The lowest BCUT2D eigenvalue weighted by atomic mass is 10.1. The van der Waals surface area contributed by atoms with Crippen LogP contribution in [0.1, 0.15) is 38.1 Å². The summed E-state index contributed by atoms with van der Waals surface area (Å²) in [6.45, 7) is 4.18. The van der Waals surface area contributed by atoms with E-state index >= 15 is 0 Å². The molecule has 2 fully saturated rings. The summed E-state index contributed by atoms with van der Waals surface area (Å²) in [5.41, 5.74) is 0.638. The maximum atomic E-state index is 13.6. The Bertz CT molecular complexity index is 1320. The van der Waals surface area contributed by atoms with Gasteiger partial charge in [-0.3, -0.25) is 4.40 Å². The molecule has 1 saturated carbocycles. The lowest BCUT2D eigenvalue weighted by Gasteiger charge is -2.41. The molecule has 0 amide bonds.